The summed E-state index contributed by atoms with van der Waals surface area (Å²) in [6, 6.07) is 4.44. The number of rotatable bonds is 2. The minimum absolute atomic E-state index is 0.149. The van der Waals surface area contributed by atoms with Crippen LogP contribution in [0.3, 0.4) is 0 Å². The van der Waals surface area contributed by atoms with E-state index in [1.54, 1.807) is 26.8 Å². The number of hydrogen-bond donors (Lipinski definition) is 0. The van der Waals surface area contributed by atoms with Gasteiger partial charge in [-0.25, -0.2) is 14.0 Å². The van der Waals surface area contributed by atoms with Crippen molar-refractivity contribution in [3.63, 3.8) is 0 Å². The maximum absolute atomic E-state index is 14.6. The van der Waals surface area contributed by atoms with E-state index in [4.69, 9.17) is 9.47 Å². The fraction of sp³-hybridized carbons (Fsp3) is 0.529. The highest BCUT2D eigenvalue weighted by molar-refractivity contribution is 5.89. The van der Waals surface area contributed by atoms with Crippen LogP contribution >= 0.6 is 0 Å². The van der Waals surface area contributed by atoms with Gasteiger partial charge in [0.05, 0.1) is 25.8 Å². The molecule has 1 amide bonds. The lowest BCUT2D eigenvalue weighted by molar-refractivity contribution is -0.0444. The van der Waals surface area contributed by atoms with Crippen molar-refractivity contribution in [3.05, 3.63) is 35.1 Å². The van der Waals surface area contributed by atoms with Gasteiger partial charge in [0.2, 0.25) is 0 Å². The van der Waals surface area contributed by atoms with Crippen molar-refractivity contribution in [1.82, 2.24) is 4.90 Å². The zero-order valence-corrected chi connectivity index (χ0v) is 14.3. The summed E-state index contributed by atoms with van der Waals surface area (Å²) in [7, 11) is 1.19. The molecule has 0 N–H and O–H groups in total. The van der Waals surface area contributed by atoms with E-state index in [1.807, 2.05) is 0 Å². The summed E-state index contributed by atoms with van der Waals surface area (Å²) < 4.78 is 30.1. The fourth-order valence-corrected chi connectivity index (χ4v) is 2.40. The van der Waals surface area contributed by atoms with Gasteiger partial charge in [0.1, 0.15) is 17.5 Å². The van der Waals surface area contributed by atoms with Crippen LogP contribution in [0.4, 0.5) is 9.18 Å². The number of esters is 1. The van der Waals surface area contributed by atoms with Crippen LogP contribution in [0.2, 0.25) is 0 Å². The molecule has 2 rings (SSSR count). The van der Waals surface area contributed by atoms with Crippen LogP contribution in [0.15, 0.2) is 18.2 Å². The number of ether oxygens (including phenoxy) is 3. The highest BCUT2D eigenvalue weighted by Gasteiger charge is 2.31. The molecule has 1 unspecified atom stereocenters. The van der Waals surface area contributed by atoms with Gasteiger partial charge in [-0.3, -0.25) is 0 Å². The molecular formula is C17H22FNO5. The van der Waals surface area contributed by atoms with Crippen LogP contribution in [0.5, 0.6) is 0 Å². The van der Waals surface area contributed by atoms with Gasteiger partial charge in [0.15, 0.2) is 0 Å². The maximum Gasteiger partial charge on any atom is 0.410 e. The molecule has 1 aromatic carbocycles. The molecule has 6 nitrogen and oxygen atoms in total. The smallest absolute Gasteiger partial charge is 0.410 e. The maximum atomic E-state index is 14.6. The summed E-state index contributed by atoms with van der Waals surface area (Å²) in [4.78, 5) is 25.3. The number of carbonyl (C=O) groups excluding carboxylic acids is 2. The van der Waals surface area contributed by atoms with Gasteiger partial charge >= 0.3 is 12.1 Å². The number of amides is 1. The molecule has 0 saturated carbocycles. The van der Waals surface area contributed by atoms with Crippen molar-refractivity contribution >= 4 is 12.1 Å². The Hall–Kier alpha value is -2.15. The molecule has 0 radical (unpaired) electrons. The number of halogens is 1. The first-order valence-electron chi connectivity index (χ1n) is 7.69. The second-order valence-electron chi connectivity index (χ2n) is 6.49. The second kappa shape index (κ2) is 7.17. The average Bonchev–Trinajstić information content (AvgIpc) is 2.53. The van der Waals surface area contributed by atoms with Crippen molar-refractivity contribution in [2.24, 2.45) is 0 Å². The summed E-state index contributed by atoms with van der Waals surface area (Å²) in [6.45, 7) is 6.11. The SMILES string of the molecule is COC(=O)c1cccc(C2CN(C(=O)OC(C)(C)C)CCO2)c1F. The first-order valence-corrected chi connectivity index (χ1v) is 7.69. The number of hydrogen-bond acceptors (Lipinski definition) is 5. The fourth-order valence-electron chi connectivity index (χ4n) is 2.40. The summed E-state index contributed by atoms with van der Waals surface area (Å²) in [5.74, 6) is -1.45. The third-order valence-corrected chi connectivity index (χ3v) is 3.50. The summed E-state index contributed by atoms with van der Waals surface area (Å²) >= 11 is 0. The van der Waals surface area contributed by atoms with E-state index in [0.717, 1.165) is 0 Å². The van der Waals surface area contributed by atoms with Crippen molar-refractivity contribution < 1.29 is 28.2 Å². The van der Waals surface area contributed by atoms with Gasteiger partial charge in [-0.2, -0.15) is 0 Å². The van der Waals surface area contributed by atoms with Gasteiger partial charge in [-0.05, 0) is 26.8 Å². The molecule has 1 fully saturated rings. The molecule has 132 valence electrons. The number of carbonyl (C=O) groups is 2. The molecule has 24 heavy (non-hydrogen) atoms. The number of methoxy groups -OCH3 is 1. The molecule has 0 bridgehead atoms. The van der Waals surface area contributed by atoms with Gasteiger partial charge < -0.3 is 19.1 Å². The van der Waals surface area contributed by atoms with Gasteiger partial charge in [-0.1, -0.05) is 12.1 Å². The van der Waals surface area contributed by atoms with Crippen LogP contribution in [0.1, 0.15) is 42.8 Å². The highest BCUT2D eigenvalue weighted by atomic mass is 19.1. The lowest BCUT2D eigenvalue weighted by Crippen LogP contribution is -2.44. The Morgan fingerprint density at radius 2 is 2.04 bits per heavy atom. The van der Waals surface area contributed by atoms with Crippen molar-refractivity contribution in [3.8, 4) is 0 Å². The Morgan fingerprint density at radius 3 is 2.67 bits per heavy atom. The molecule has 0 aromatic heterocycles. The van der Waals surface area contributed by atoms with Crippen LogP contribution in [-0.2, 0) is 14.2 Å². The average molecular weight is 339 g/mol. The lowest BCUT2D eigenvalue weighted by Gasteiger charge is -2.34. The molecular weight excluding hydrogens is 317 g/mol. The zero-order chi connectivity index (χ0) is 17.9. The molecule has 1 heterocycles. The molecule has 1 aliphatic heterocycles. The first kappa shape index (κ1) is 18.2. The third-order valence-electron chi connectivity index (χ3n) is 3.50. The van der Waals surface area contributed by atoms with E-state index in [2.05, 4.69) is 4.74 Å². The number of morpholine rings is 1. The molecule has 1 saturated heterocycles. The van der Waals surface area contributed by atoms with E-state index >= 15 is 0 Å². The minimum atomic E-state index is -0.755. The Kier molecular flexibility index (Phi) is 5.43. The molecule has 0 aliphatic carbocycles. The molecule has 1 atom stereocenters. The van der Waals surface area contributed by atoms with Crippen LogP contribution in [0.25, 0.3) is 0 Å². The lowest BCUT2D eigenvalue weighted by atomic mass is 10.0. The zero-order valence-electron chi connectivity index (χ0n) is 14.3. The quantitative estimate of drug-likeness (QED) is 0.775. The second-order valence-corrected chi connectivity index (χ2v) is 6.49. The Bertz CT molecular complexity index is 626. The summed E-state index contributed by atoms with van der Waals surface area (Å²) in [5, 5.41) is 0. The summed E-state index contributed by atoms with van der Waals surface area (Å²) in [6.07, 6.45) is -1.14. The number of benzene rings is 1. The molecule has 1 aromatic rings. The normalized spacial score (nSPS) is 18.2. The van der Waals surface area contributed by atoms with Crippen molar-refractivity contribution in [2.75, 3.05) is 26.8 Å². The van der Waals surface area contributed by atoms with E-state index in [0.29, 0.717) is 6.54 Å². The third kappa shape index (κ3) is 4.23. The predicted octanol–water partition coefficient (Wildman–Crippen LogP) is 2.92. The Labute approximate surface area is 140 Å². The van der Waals surface area contributed by atoms with E-state index in [9.17, 15) is 14.0 Å². The van der Waals surface area contributed by atoms with Crippen LogP contribution in [0, 0.1) is 5.82 Å². The van der Waals surface area contributed by atoms with E-state index in [-0.39, 0.29) is 24.3 Å². The van der Waals surface area contributed by atoms with Crippen LogP contribution < -0.4 is 0 Å². The standard InChI is InChI=1S/C17H22FNO5/c1-17(2,3)24-16(21)19-8-9-23-13(10-19)11-6-5-7-12(14(11)18)15(20)22-4/h5-7,13H,8-10H2,1-4H3. The summed E-state index contributed by atoms with van der Waals surface area (Å²) in [5.41, 5.74) is -0.555. The minimum Gasteiger partial charge on any atom is -0.465 e. The Morgan fingerprint density at radius 1 is 1.33 bits per heavy atom. The molecule has 0 spiro atoms. The molecule has 7 heteroatoms. The Balaban J connectivity index is 2.18. The highest BCUT2D eigenvalue weighted by Crippen LogP contribution is 2.27. The van der Waals surface area contributed by atoms with Gasteiger partial charge in [0, 0.05) is 12.1 Å². The van der Waals surface area contributed by atoms with E-state index in [1.165, 1.54) is 24.1 Å². The van der Waals surface area contributed by atoms with Crippen molar-refractivity contribution in [1.29, 1.82) is 0 Å². The topological polar surface area (TPSA) is 65.1 Å². The van der Waals surface area contributed by atoms with Gasteiger partial charge in [0.25, 0.3) is 0 Å². The first-order chi connectivity index (χ1) is 11.2. The monoisotopic (exact) mass is 339 g/mol. The van der Waals surface area contributed by atoms with Gasteiger partial charge in [-0.15, -0.1) is 0 Å². The number of nitrogens with zero attached hydrogens (tertiary/aromatic N) is 1. The molecule has 1 aliphatic rings. The van der Waals surface area contributed by atoms with Crippen molar-refractivity contribution in [2.45, 2.75) is 32.5 Å². The predicted molar refractivity (Wildman–Crippen MR) is 84.2 cm³/mol. The van der Waals surface area contributed by atoms with Crippen LogP contribution in [-0.4, -0.2) is 49.4 Å². The largest absolute Gasteiger partial charge is 0.465 e. The van der Waals surface area contributed by atoms with E-state index < -0.39 is 29.6 Å².